The minimum absolute atomic E-state index is 0.0321. The predicted molar refractivity (Wildman–Crippen MR) is 106 cm³/mol. The number of piperidine rings is 1. The maximum atomic E-state index is 14.9. The number of fused-ring (bicyclic) bond motifs is 1. The zero-order valence-corrected chi connectivity index (χ0v) is 16.8. The maximum absolute atomic E-state index is 14.9. The SMILES string of the molecule is [N-]=[N+]=NCCCN(CCC(=O)O)c1cc2c(cc1F)C(=O)N(C1CCC(=O)NC1=O)C2=O. The molecule has 3 rings (SSSR count). The molecule has 32 heavy (non-hydrogen) atoms. The Labute approximate surface area is 180 Å². The molecule has 1 fully saturated rings. The van der Waals surface area contributed by atoms with Crippen molar-refractivity contribution in [1.82, 2.24) is 10.2 Å². The summed E-state index contributed by atoms with van der Waals surface area (Å²) >= 11 is 0. The Morgan fingerprint density at radius 3 is 2.56 bits per heavy atom. The van der Waals surface area contributed by atoms with Crippen molar-refractivity contribution >= 4 is 35.3 Å². The molecule has 1 unspecified atom stereocenters. The van der Waals surface area contributed by atoms with E-state index in [1.54, 1.807) is 0 Å². The molecule has 0 spiro atoms. The Morgan fingerprint density at radius 2 is 1.94 bits per heavy atom. The van der Waals surface area contributed by atoms with Gasteiger partial charge in [-0.25, -0.2) is 4.39 Å². The molecule has 0 saturated carbocycles. The third-order valence-electron chi connectivity index (χ3n) is 5.19. The summed E-state index contributed by atoms with van der Waals surface area (Å²) in [4.78, 5) is 64.9. The molecular formula is C19H19FN6O6. The van der Waals surface area contributed by atoms with Gasteiger partial charge in [-0.2, -0.15) is 0 Å². The van der Waals surface area contributed by atoms with Crippen molar-refractivity contribution in [3.63, 3.8) is 0 Å². The molecule has 1 atom stereocenters. The molecule has 2 heterocycles. The van der Waals surface area contributed by atoms with Gasteiger partial charge < -0.3 is 10.0 Å². The number of aliphatic carboxylic acids is 1. The van der Waals surface area contributed by atoms with Crippen molar-refractivity contribution in [3.8, 4) is 0 Å². The zero-order chi connectivity index (χ0) is 23.4. The zero-order valence-electron chi connectivity index (χ0n) is 16.8. The fourth-order valence-corrected chi connectivity index (χ4v) is 3.68. The first-order valence-corrected chi connectivity index (χ1v) is 9.77. The molecular weight excluding hydrogens is 427 g/mol. The summed E-state index contributed by atoms with van der Waals surface area (Å²) in [7, 11) is 0. The van der Waals surface area contributed by atoms with Crippen LogP contribution in [0, 0.1) is 5.82 Å². The summed E-state index contributed by atoms with van der Waals surface area (Å²) in [6.45, 7) is 0.161. The van der Waals surface area contributed by atoms with Gasteiger partial charge in [0.25, 0.3) is 11.8 Å². The highest BCUT2D eigenvalue weighted by Crippen LogP contribution is 2.32. The van der Waals surface area contributed by atoms with E-state index in [0.29, 0.717) is 6.42 Å². The molecule has 168 valence electrons. The first-order valence-electron chi connectivity index (χ1n) is 9.77. The van der Waals surface area contributed by atoms with Crippen molar-refractivity contribution in [3.05, 3.63) is 39.5 Å². The molecule has 1 saturated heterocycles. The lowest BCUT2D eigenvalue weighted by Gasteiger charge is -2.27. The largest absolute Gasteiger partial charge is 0.481 e. The Kier molecular flexibility index (Phi) is 6.69. The van der Waals surface area contributed by atoms with Crippen LogP contribution in [0.4, 0.5) is 10.1 Å². The second-order valence-corrected chi connectivity index (χ2v) is 7.24. The van der Waals surface area contributed by atoms with Gasteiger partial charge in [-0.1, -0.05) is 5.11 Å². The Morgan fingerprint density at radius 1 is 1.25 bits per heavy atom. The van der Waals surface area contributed by atoms with E-state index in [-0.39, 0.29) is 55.7 Å². The Bertz CT molecular complexity index is 1050. The molecule has 0 radical (unpaired) electrons. The monoisotopic (exact) mass is 446 g/mol. The van der Waals surface area contributed by atoms with Crippen LogP contribution in [0.15, 0.2) is 17.2 Å². The van der Waals surface area contributed by atoms with Crippen LogP contribution in [0.3, 0.4) is 0 Å². The molecule has 1 aromatic carbocycles. The lowest BCUT2D eigenvalue weighted by Crippen LogP contribution is -2.54. The molecule has 4 amide bonds. The lowest BCUT2D eigenvalue weighted by molar-refractivity contribution is -0.137. The summed E-state index contributed by atoms with van der Waals surface area (Å²) in [5.74, 6) is -4.88. The van der Waals surface area contributed by atoms with Gasteiger partial charge in [0, 0.05) is 31.0 Å². The van der Waals surface area contributed by atoms with E-state index in [9.17, 15) is 28.4 Å². The first kappa shape index (κ1) is 22.7. The number of hydrogen-bond acceptors (Lipinski definition) is 7. The number of nitrogens with one attached hydrogen (secondary N) is 1. The number of carbonyl (C=O) groups is 5. The standard InChI is InChI=1S/C19H19FN6O6/c20-12-8-10-11(9-14(12)25(7-4-16(28)29)6-1-5-22-24-21)19(32)26(18(10)31)13-2-3-15(27)23-17(13)30/h8-9,13H,1-7H2,(H,28,29)(H,23,27,30). The number of amides is 4. The Hall–Kier alpha value is -3.99. The van der Waals surface area contributed by atoms with E-state index in [1.165, 1.54) is 4.90 Å². The minimum atomic E-state index is -1.18. The van der Waals surface area contributed by atoms with Crippen molar-refractivity contribution in [2.45, 2.75) is 31.7 Å². The number of rotatable bonds is 9. The highest BCUT2D eigenvalue weighted by Gasteiger charge is 2.45. The van der Waals surface area contributed by atoms with Gasteiger partial charge in [-0.3, -0.25) is 34.2 Å². The third-order valence-corrected chi connectivity index (χ3v) is 5.19. The van der Waals surface area contributed by atoms with Gasteiger partial charge in [-0.05, 0) is 30.5 Å². The molecule has 0 bridgehead atoms. The number of azide groups is 1. The van der Waals surface area contributed by atoms with Gasteiger partial charge in [0.15, 0.2) is 0 Å². The number of carboxylic acids is 1. The first-order chi connectivity index (χ1) is 15.2. The van der Waals surface area contributed by atoms with Crippen LogP contribution < -0.4 is 10.2 Å². The van der Waals surface area contributed by atoms with Crippen LogP contribution in [-0.4, -0.2) is 65.3 Å². The molecule has 2 aliphatic heterocycles. The van der Waals surface area contributed by atoms with Crippen molar-refractivity contribution in [1.29, 1.82) is 0 Å². The number of anilines is 1. The minimum Gasteiger partial charge on any atom is -0.481 e. The molecule has 2 aliphatic rings. The normalized spacial score (nSPS) is 17.7. The van der Waals surface area contributed by atoms with Gasteiger partial charge in [0.2, 0.25) is 11.8 Å². The number of carbonyl (C=O) groups excluding carboxylic acids is 4. The van der Waals surface area contributed by atoms with E-state index in [2.05, 4.69) is 15.3 Å². The van der Waals surface area contributed by atoms with E-state index in [1.807, 2.05) is 0 Å². The topological polar surface area (TPSA) is 173 Å². The molecule has 0 aromatic heterocycles. The van der Waals surface area contributed by atoms with Crippen molar-refractivity contribution in [2.24, 2.45) is 5.11 Å². The van der Waals surface area contributed by atoms with Gasteiger partial charge in [0.05, 0.1) is 23.2 Å². The number of imide groups is 2. The van der Waals surface area contributed by atoms with E-state index < -0.39 is 41.5 Å². The maximum Gasteiger partial charge on any atom is 0.305 e. The second kappa shape index (κ2) is 9.43. The summed E-state index contributed by atoms with van der Waals surface area (Å²) in [6, 6.07) is 0.864. The average Bonchev–Trinajstić information content (AvgIpc) is 2.97. The number of benzene rings is 1. The van der Waals surface area contributed by atoms with Gasteiger partial charge in [-0.15, -0.1) is 0 Å². The van der Waals surface area contributed by atoms with Gasteiger partial charge >= 0.3 is 5.97 Å². The Balaban J connectivity index is 1.91. The molecule has 13 heteroatoms. The number of hydrogen-bond donors (Lipinski definition) is 2. The van der Waals surface area contributed by atoms with Crippen LogP contribution in [0.5, 0.6) is 0 Å². The fourth-order valence-electron chi connectivity index (χ4n) is 3.68. The van der Waals surface area contributed by atoms with E-state index in [0.717, 1.165) is 17.0 Å². The lowest BCUT2D eigenvalue weighted by atomic mass is 10.0. The summed E-state index contributed by atoms with van der Waals surface area (Å²) < 4.78 is 14.9. The average molecular weight is 446 g/mol. The van der Waals surface area contributed by atoms with Crippen LogP contribution >= 0.6 is 0 Å². The van der Waals surface area contributed by atoms with Crippen molar-refractivity contribution in [2.75, 3.05) is 24.5 Å². The van der Waals surface area contributed by atoms with Crippen LogP contribution in [-0.2, 0) is 14.4 Å². The highest BCUT2D eigenvalue weighted by molar-refractivity contribution is 6.23. The number of halogens is 1. The smallest absolute Gasteiger partial charge is 0.305 e. The molecule has 12 nitrogen and oxygen atoms in total. The third kappa shape index (κ3) is 4.52. The number of carboxylic acid groups (broad SMARTS) is 1. The van der Waals surface area contributed by atoms with Crippen molar-refractivity contribution < 1.29 is 33.5 Å². The van der Waals surface area contributed by atoms with Gasteiger partial charge in [0.1, 0.15) is 11.9 Å². The molecule has 0 aliphatic carbocycles. The highest BCUT2D eigenvalue weighted by atomic mass is 19.1. The fraction of sp³-hybridized carbons (Fsp3) is 0.421. The summed E-state index contributed by atoms with van der Waals surface area (Å²) in [5, 5.41) is 14.5. The van der Waals surface area contributed by atoms with Crippen LogP contribution in [0.2, 0.25) is 0 Å². The predicted octanol–water partition coefficient (Wildman–Crippen LogP) is 1.21. The summed E-state index contributed by atoms with van der Waals surface area (Å²) in [6.07, 6.45) is -0.0873. The van der Waals surface area contributed by atoms with Crippen LogP contribution in [0.1, 0.15) is 46.4 Å². The van der Waals surface area contributed by atoms with Crippen LogP contribution in [0.25, 0.3) is 10.4 Å². The number of nitrogens with zero attached hydrogens (tertiary/aromatic N) is 5. The van der Waals surface area contributed by atoms with E-state index >= 15 is 0 Å². The summed E-state index contributed by atoms with van der Waals surface area (Å²) in [5.41, 5.74) is 7.96. The molecule has 1 aromatic rings. The van der Waals surface area contributed by atoms with E-state index in [4.69, 9.17) is 10.6 Å². The molecule has 2 N–H and O–H groups in total. The second-order valence-electron chi connectivity index (χ2n) is 7.24. The quantitative estimate of drug-likeness (QED) is 0.188.